The van der Waals surface area contributed by atoms with Crippen molar-refractivity contribution in [2.45, 2.75) is 13.5 Å². The monoisotopic (exact) mass is 336 g/mol. The molecule has 2 aromatic rings. The van der Waals surface area contributed by atoms with Crippen LogP contribution in [0.3, 0.4) is 0 Å². The summed E-state index contributed by atoms with van der Waals surface area (Å²) in [5, 5.41) is 18.6. The van der Waals surface area contributed by atoms with Crippen LogP contribution in [0.15, 0.2) is 40.9 Å². The lowest BCUT2D eigenvalue weighted by Crippen LogP contribution is -1.87. The van der Waals surface area contributed by atoms with Gasteiger partial charge in [-0.25, -0.2) is 4.39 Å². The molecule has 0 radical (unpaired) electrons. The van der Waals surface area contributed by atoms with Gasteiger partial charge in [-0.2, -0.15) is 0 Å². The molecule has 0 spiro atoms. The second-order valence-electron chi connectivity index (χ2n) is 4.45. The lowest BCUT2D eigenvalue weighted by Gasteiger charge is -2.06. The summed E-state index contributed by atoms with van der Waals surface area (Å²) in [5.41, 5.74) is 2.36. The van der Waals surface area contributed by atoms with Crippen LogP contribution in [0, 0.1) is 6.92 Å². The zero-order chi connectivity index (χ0) is 14.7. The van der Waals surface area contributed by atoms with E-state index in [-0.39, 0.29) is 17.9 Å². The number of hydrogen-bond donors (Lipinski definition) is 2. The van der Waals surface area contributed by atoms with Crippen LogP contribution < -0.4 is 0 Å². The van der Waals surface area contributed by atoms with Gasteiger partial charge in [0.2, 0.25) is 0 Å². The fourth-order valence-corrected chi connectivity index (χ4v) is 2.23. The molecule has 0 heterocycles. The Labute approximate surface area is 125 Å². The van der Waals surface area contributed by atoms with Crippen LogP contribution in [0.25, 0.3) is 11.9 Å². The highest BCUT2D eigenvalue weighted by molar-refractivity contribution is 9.10. The Balaban J connectivity index is 2.40. The Morgan fingerprint density at radius 1 is 1.30 bits per heavy atom. The molecule has 2 nitrogen and oxygen atoms in total. The molecule has 0 amide bonds. The van der Waals surface area contributed by atoms with Crippen molar-refractivity contribution < 1.29 is 14.6 Å². The fraction of sp³-hybridized carbons (Fsp3) is 0.125. The number of aliphatic hydroxyl groups is 1. The first-order valence-electron chi connectivity index (χ1n) is 6.08. The van der Waals surface area contributed by atoms with Gasteiger partial charge in [-0.05, 0) is 36.3 Å². The molecule has 20 heavy (non-hydrogen) atoms. The quantitative estimate of drug-likeness (QED) is 0.814. The van der Waals surface area contributed by atoms with Crippen LogP contribution in [-0.2, 0) is 6.61 Å². The standard InChI is InChI=1S/C16H14BrFO2/c1-10-11(3-2-4-14(10)17)7-15(18)12-5-6-13(9-19)16(20)8-12/h2-8,19-20H,9H2,1H3. The van der Waals surface area contributed by atoms with Gasteiger partial charge in [0, 0.05) is 15.6 Å². The highest BCUT2D eigenvalue weighted by Gasteiger charge is 2.07. The Hall–Kier alpha value is -1.65. The Kier molecular flexibility index (Phi) is 4.57. The van der Waals surface area contributed by atoms with E-state index >= 15 is 0 Å². The van der Waals surface area contributed by atoms with Crippen LogP contribution in [0.4, 0.5) is 4.39 Å². The third-order valence-corrected chi connectivity index (χ3v) is 3.98. The predicted molar refractivity (Wildman–Crippen MR) is 81.9 cm³/mol. The second-order valence-corrected chi connectivity index (χ2v) is 5.30. The highest BCUT2D eigenvalue weighted by Crippen LogP contribution is 2.28. The molecule has 0 saturated heterocycles. The first-order chi connectivity index (χ1) is 9.52. The minimum Gasteiger partial charge on any atom is -0.508 e. The molecule has 0 saturated carbocycles. The molecule has 0 atom stereocenters. The largest absolute Gasteiger partial charge is 0.508 e. The molecule has 2 N–H and O–H groups in total. The van der Waals surface area contributed by atoms with Crippen molar-refractivity contribution in [3.8, 4) is 5.75 Å². The second kappa shape index (κ2) is 6.20. The smallest absolute Gasteiger partial charge is 0.131 e. The predicted octanol–water partition coefficient (Wildman–Crippen LogP) is 4.42. The molecule has 0 aromatic heterocycles. The highest BCUT2D eigenvalue weighted by atomic mass is 79.9. The summed E-state index contributed by atoms with van der Waals surface area (Å²) in [6.45, 7) is 1.62. The lowest BCUT2D eigenvalue weighted by atomic mass is 10.1. The van der Waals surface area contributed by atoms with Crippen molar-refractivity contribution in [2.75, 3.05) is 0 Å². The number of hydrogen-bond acceptors (Lipinski definition) is 2. The van der Waals surface area contributed by atoms with Crippen molar-refractivity contribution in [1.82, 2.24) is 0 Å². The van der Waals surface area contributed by atoms with Crippen LogP contribution >= 0.6 is 15.9 Å². The lowest BCUT2D eigenvalue weighted by molar-refractivity contribution is 0.275. The number of aromatic hydroxyl groups is 1. The first-order valence-corrected chi connectivity index (χ1v) is 6.87. The normalized spacial score (nSPS) is 11.7. The van der Waals surface area contributed by atoms with E-state index in [9.17, 15) is 9.50 Å². The van der Waals surface area contributed by atoms with Gasteiger partial charge in [0.15, 0.2) is 0 Å². The molecule has 0 bridgehead atoms. The van der Waals surface area contributed by atoms with E-state index in [0.29, 0.717) is 5.56 Å². The third-order valence-electron chi connectivity index (χ3n) is 3.12. The van der Waals surface area contributed by atoms with Gasteiger partial charge < -0.3 is 10.2 Å². The summed E-state index contributed by atoms with van der Waals surface area (Å²) < 4.78 is 15.1. The maximum Gasteiger partial charge on any atom is 0.131 e. The van der Waals surface area contributed by atoms with Gasteiger partial charge in [0.25, 0.3) is 0 Å². The number of aliphatic hydroxyl groups excluding tert-OH is 1. The SMILES string of the molecule is Cc1c(Br)cccc1C=C(F)c1ccc(CO)c(O)c1. The van der Waals surface area contributed by atoms with E-state index < -0.39 is 5.83 Å². The van der Waals surface area contributed by atoms with Gasteiger partial charge in [-0.1, -0.05) is 40.2 Å². The number of rotatable bonds is 3. The molecule has 0 aliphatic heterocycles. The van der Waals surface area contributed by atoms with Crippen molar-refractivity contribution in [1.29, 1.82) is 0 Å². The average Bonchev–Trinajstić information content (AvgIpc) is 2.43. The van der Waals surface area contributed by atoms with Gasteiger partial charge in [0.05, 0.1) is 6.61 Å². The van der Waals surface area contributed by atoms with Crippen molar-refractivity contribution >= 4 is 27.8 Å². The van der Waals surface area contributed by atoms with E-state index in [1.807, 2.05) is 25.1 Å². The molecule has 104 valence electrons. The van der Waals surface area contributed by atoms with Crippen molar-refractivity contribution in [2.24, 2.45) is 0 Å². The zero-order valence-electron chi connectivity index (χ0n) is 10.9. The number of phenols is 1. The van der Waals surface area contributed by atoms with Crippen LogP contribution in [0.2, 0.25) is 0 Å². The Morgan fingerprint density at radius 3 is 2.70 bits per heavy atom. The number of halogens is 2. The Bertz CT molecular complexity index is 666. The van der Waals surface area contributed by atoms with Crippen molar-refractivity contribution in [3.63, 3.8) is 0 Å². The maximum atomic E-state index is 14.2. The molecular formula is C16H14BrFO2. The van der Waals surface area contributed by atoms with E-state index in [1.165, 1.54) is 24.3 Å². The summed E-state index contributed by atoms with van der Waals surface area (Å²) in [6.07, 6.45) is 1.42. The molecule has 0 aliphatic rings. The topological polar surface area (TPSA) is 40.5 Å². The number of benzene rings is 2. The summed E-state index contributed by atoms with van der Waals surface area (Å²) in [6, 6.07) is 9.90. The molecule has 2 aromatic carbocycles. The van der Waals surface area contributed by atoms with Crippen LogP contribution in [0.1, 0.15) is 22.3 Å². The van der Waals surface area contributed by atoms with Gasteiger partial charge >= 0.3 is 0 Å². The third kappa shape index (κ3) is 3.08. The summed E-state index contributed by atoms with van der Waals surface area (Å²) in [7, 11) is 0. The summed E-state index contributed by atoms with van der Waals surface area (Å²) in [4.78, 5) is 0. The van der Waals surface area contributed by atoms with E-state index in [2.05, 4.69) is 15.9 Å². The maximum absolute atomic E-state index is 14.2. The van der Waals surface area contributed by atoms with Crippen molar-refractivity contribution in [3.05, 3.63) is 63.1 Å². The summed E-state index contributed by atoms with van der Waals surface area (Å²) in [5.74, 6) is -0.550. The minimum atomic E-state index is -0.439. The van der Waals surface area contributed by atoms with E-state index in [0.717, 1.165) is 15.6 Å². The Morgan fingerprint density at radius 2 is 2.05 bits per heavy atom. The van der Waals surface area contributed by atoms with Crippen LogP contribution in [0.5, 0.6) is 5.75 Å². The minimum absolute atomic E-state index is 0.112. The summed E-state index contributed by atoms with van der Waals surface area (Å²) >= 11 is 3.40. The van der Waals surface area contributed by atoms with E-state index in [1.54, 1.807) is 0 Å². The molecule has 4 heteroatoms. The van der Waals surface area contributed by atoms with Gasteiger partial charge in [-0.3, -0.25) is 0 Å². The van der Waals surface area contributed by atoms with Crippen LogP contribution in [-0.4, -0.2) is 10.2 Å². The zero-order valence-corrected chi connectivity index (χ0v) is 12.5. The average molecular weight is 337 g/mol. The molecule has 0 unspecified atom stereocenters. The fourth-order valence-electron chi connectivity index (χ4n) is 1.85. The molecule has 0 aliphatic carbocycles. The molecule has 2 rings (SSSR count). The first kappa shape index (κ1) is 14.8. The van der Waals surface area contributed by atoms with E-state index in [4.69, 9.17) is 5.11 Å². The molecule has 0 fully saturated rings. The van der Waals surface area contributed by atoms with Gasteiger partial charge in [-0.15, -0.1) is 0 Å². The van der Waals surface area contributed by atoms with Gasteiger partial charge in [0.1, 0.15) is 11.6 Å². The molecular weight excluding hydrogens is 323 g/mol.